The number of carboxylic acids is 1. The van der Waals surface area contributed by atoms with Crippen molar-refractivity contribution >= 4 is 12.0 Å². The first-order chi connectivity index (χ1) is 10.0. The third-order valence-corrected chi connectivity index (χ3v) is 3.90. The summed E-state index contributed by atoms with van der Waals surface area (Å²) in [7, 11) is 0. The van der Waals surface area contributed by atoms with E-state index in [0.29, 0.717) is 18.1 Å². The second-order valence-electron chi connectivity index (χ2n) is 5.68. The summed E-state index contributed by atoms with van der Waals surface area (Å²) in [6, 6.07) is 4.51. The van der Waals surface area contributed by atoms with Crippen LogP contribution in [0.3, 0.4) is 0 Å². The van der Waals surface area contributed by atoms with Gasteiger partial charge in [0.25, 0.3) is 0 Å². The van der Waals surface area contributed by atoms with Gasteiger partial charge in [0.05, 0.1) is 12.7 Å². The molecule has 0 radical (unpaired) electrons. The van der Waals surface area contributed by atoms with E-state index in [2.05, 4.69) is 6.92 Å². The maximum atomic E-state index is 13.6. The molecule has 1 aliphatic carbocycles. The molecule has 1 aromatic rings. The fourth-order valence-electron chi connectivity index (χ4n) is 2.76. The Hall–Kier alpha value is -1.68. The van der Waals surface area contributed by atoms with Gasteiger partial charge in [-0.1, -0.05) is 19.8 Å². The van der Waals surface area contributed by atoms with Crippen molar-refractivity contribution in [2.75, 3.05) is 0 Å². The van der Waals surface area contributed by atoms with Gasteiger partial charge in [0.15, 0.2) is 0 Å². The van der Waals surface area contributed by atoms with Gasteiger partial charge in [0, 0.05) is 6.08 Å². The Morgan fingerprint density at radius 3 is 2.86 bits per heavy atom. The topological polar surface area (TPSA) is 46.5 Å². The monoisotopic (exact) mass is 292 g/mol. The van der Waals surface area contributed by atoms with E-state index in [0.717, 1.165) is 18.1 Å². The van der Waals surface area contributed by atoms with Crippen LogP contribution in [0.15, 0.2) is 24.3 Å². The Morgan fingerprint density at radius 1 is 1.38 bits per heavy atom. The summed E-state index contributed by atoms with van der Waals surface area (Å²) in [6.07, 6.45) is 7.30. The van der Waals surface area contributed by atoms with Crippen molar-refractivity contribution in [3.8, 4) is 0 Å². The van der Waals surface area contributed by atoms with Gasteiger partial charge in [0.1, 0.15) is 5.82 Å². The zero-order valence-corrected chi connectivity index (χ0v) is 12.2. The molecular formula is C17H21FO3. The molecule has 4 heteroatoms. The van der Waals surface area contributed by atoms with Crippen molar-refractivity contribution in [2.24, 2.45) is 5.92 Å². The lowest BCUT2D eigenvalue weighted by molar-refractivity contribution is -0.131. The number of halogens is 1. The first-order valence-electron chi connectivity index (χ1n) is 7.36. The van der Waals surface area contributed by atoms with Crippen LogP contribution >= 0.6 is 0 Å². The molecule has 21 heavy (non-hydrogen) atoms. The van der Waals surface area contributed by atoms with E-state index < -0.39 is 5.97 Å². The van der Waals surface area contributed by atoms with Crippen LogP contribution in [0.5, 0.6) is 0 Å². The van der Waals surface area contributed by atoms with Gasteiger partial charge in [-0.3, -0.25) is 0 Å². The Bertz CT molecular complexity index is 525. The smallest absolute Gasteiger partial charge is 0.328 e. The van der Waals surface area contributed by atoms with Crippen molar-refractivity contribution in [1.82, 2.24) is 0 Å². The minimum atomic E-state index is -1.05. The molecule has 0 amide bonds. The average Bonchev–Trinajstić information content (AvgIpc) is 2.44. The Balaban J connectivity index is 2.00. The highest BCUT2D eigenvalue weighted by Crippen LogP contribution is 2.27. The summed E-state index contributed by atoms with van der Waals surface area (Å²) in [4.78, 5) is 10.5. The number of carboxylic acid groups (broad SMARTS) is 1. The molecule has 0 saturated heterocycles. The van der Waals surface area contributed by atoms with Crippen LogP contribution in [0.25, 0.3) is 6.08 Å². The zero-order valence-electron chi connectivity index (χ0n) is 12.2. The predicted molar refractivity (Wildman–Crippen MR) is 79.3 cm³/mol. The molecule has 2 atom stereocenters. The van der Waals surface area contributed by atoms with Crippen molar-refractivity contribution in [3.05, 3.63) is 41.2 Å². The second-order valence-corrected chi connectivity index (χ2v) is 5.68. The van der Waals surface area contributed by atoms with Gasteiger partial charge in [-0.2, -0.15) is 0 Å². The summed E-state index contributed by atoms with van der Waals surface area (Å²) in [5, 5.41) is 8.61. The lowest BCUT2D eigenvalue weighted by Gasteiger charge is -2.28. The van der Waals surface area contributed by atoms with Gasteiger partial charge >= 0.3 is 5.97 Å². The number of benzene rings is 1. The molecule has 1 fully saturated rings. The van der Waals surface area contributed by atoms with Crippen LogP contribution in [0, 0.1) is 11.7 Å². The lowest BCUT2D eigenvalue weighted by atomic mass is 9.88. The molecule has 2 rings (SSSR count). The van der Waals surface area contributed by atoms with E-state index in [4.69, 9.17) is 9.84 Å². The number of carbonyl (C=O) groups is 1. The van der Waals surface area contributed by atoms with Crippen LogP contribution in [0.4, 0.5) is 4.39 Å². The van der Waals surface area contributed by atoms with Crippen molar-refractivity contribution in [1.29, 1.82) is 0 Å². The summed E-state index contributed by atoms with van der Waals surface area (Å²) in [5.41, 5.74) is 1.27. The Morgan fingerprint density at radius 2 is 2.14 bits per heavy atom. The van der Waals surface area contributed by atoms with Gasteiger partial charge in [-0.15, -0.1) is 0 Å². The number of hydrogen-bond donors (Lipinski definition) is 1. The van der Waals surface area contributed by atoms with Gasteiger partial charge in [-0.25, -0.2) is 9.18 Å². The zero-order chi connectivity index (χ0) is 15.2. The van der Waals surface area contributed by atoms with Gasteiger partial charge in [-0.05, 0) is 54.2 Å². The quantitative estimate of drug-likeness (QED) is 0.834. The van der Waals surface area contributed by atoms with E-state index in [1.165, 1.54) is 37.5 Å². The number of rotatable bonds is 5. The molecule has 2 unspecified atom stereocenters. The fraction of sp³-hybridized carbons (Fsp3) is 0.471. The van der Waals surface area contributed by atoms with Crippen LogP contribution in [-0.4, -0.2) is 17.2 Å². The first-order valence-corrected chi connectivity index (χ1v) is 7.36. The molecule has 114 valence electrons. The summed E-state index contributed by atoms with van der Waals surface area (Å²) in [5.74, 6) is -0.885. The molecule has 3 nitrogen and oxygen atoms in total. The SMILES string of the molecule is CC1CCCCC1OCc1cc(F)cc(C=CC(=O)O)c1. The van der Waals surface area contributed by atoms with Gasteiger partial charge in [0.2, 0.25) is 0 Å². The molecule has 0 aromatic heterocycles. The van der Waals surface area contributed by atoms with Crippen molar-refractivity contribution < 1.29 is 19.0 Å². The summed E-state index contributed by atoms with van der Waals surface area (Å²) < 4.78 is 19.5. The molecular weight excluding hydrogens is 271 g/mol. The largest absolute Gasteiger partial charge is 0.478 e. The highest BCUT2D eigenvalue weighted by atomic mass is 19.1. The minimum absolute atomic E-state index is 0.236. The normalized spacial score (nSPS) is 22.6. The molecule has 0 bridgehead atoms. The molecule has 0 aliphatic heterocycles. The Labute approximate surface area is 124 Å². The molecule has 1 aliphatic rings. The number of aliphatic carboxylic acids is 1. The van der Waals surface area contributed by atoms with E-state index in [1.54, 1.807) is 6.07 Å². The maximum absolute atomic E-state index is 13.6. The Kier molecular flexibility index (Phi) is 5.51. The predicted octanol–water partition coefficient (Wildman–Crippen LogP) is 4.02. The molecule has 1 aromatic carbocycles. The fourth-order valence-corrected chi connectivity index (χ4v) is 2.76. The van der Waals surface area contributed by atoms with E-state index in [-0.39, 0.29) is 11.9 Å². The van der Waals surface area contributed by atoms with Crippen LogP contribution < -0.4 is 0 Å². The highest BCUT2D eigenvalue weighted by molar-refractivity contribution is 5.85. The highest BCUT2D eigenvalue weighted by Gasteiger charge is 2.21. The van der Waals surface area contributed by atoms with E-state index >= 15 is 0 Å². The second kappa shape index (κ2) is 7.36. The van der Waals surface area contributed by atoms with E-state index in [9.17, 15) is 9.18 Å². The first kappa shape index (κ1) is 15.7. The van der Waals surface area contributed by atoms with Crippen molar-refractivity contribution in [3.63, 3.8) is 0 Å². The average molecular weight is 292 g/mol. The standard InChI is InChI=1S/C17H21FO3/c1-12-4-2-3-5-16(12)21-11-14-8-13(6-7-17(19)20)9-15(18)10-14/h6-10,12,16H,2-5,11H2,1H3,(H,19,20). The van der Waals surface area contributed by atoms with E-state index in [1.807, 2.05) is 0 Å². The van der Waals surface area contributed by atoms with Crippen LogP contribution in [0.2, 0.25) is 0 Å². The lowest BCUT2D eigenvalue weighted by Crippen LogP contribution is -2.25. The van der Waals surface area contributed by atoms with Gasteiger partial charge < -0.3 is 9.84 Å². The van der Waals surface area contributed by atoms with Crippen LogP contribution in [0.1, 0.15) is 43.7 Å². The third-order valence-electron chi connectivity index (χ3n) is 3.90. The number of ether oxygens (including phenoxy) is 1. The molecule has 0 spiro atoms. The van der Waals surface area contributed by atoms with Crippen molar-refractivity contribution in [2.45, 2.75) is 45.3 Å². The molecule has 0 heterocycles. The molecule has 1 saturated carbocycles. The number of hydrogen-bond acceptors (Lipinski definition) is 2. The summed E-state index contributed by atoms with van der Waals surface area (Å²) in [6.45, 7) is 2.55. The van der Waals surface area contributed by atoms with Crippen LogP contribution in [-0.2, 0) is 16.1 Å². The molecule has 1 N–H and O–H groups in total. The maximum Gasteiger partial charge on any atom is 0.328 e. The minimum Gasteiger partial charge on any atom is -0.478 e. The summed E-state index contributed by atoms with van der Waals surface area (Å²) >= 11 is 0. The third kappa shape index (κ3) is 4.97.